The highest BCUT2D eigenvalue weighted by Crippen LogP contribution is 2.13. The minimum absolute atomic E-state index is 0.161. The molecule has 0 saturated heterocycles. The molecule has 2 rings (SSSR count). The minimum Gasteiger partial charge on any atom is -0.338 e. The zero-order valence-electron chi connectivity index (χ0n) is 10.3. The van der Waals surface area contributed by atoms with E-state index in [0.29, 0.717) is 11.4 Å². The summed E-state index contributed by atoms with van der Waals surface area (Å²) in [6.45, 7) is 0. The van der Waals surface area contributed by atoms with Gasteiger partial charge in [-0.15, -0.1) is 0 Å². The van der Waals surface area contributed by atoms with Crippen LogP contribution < -0.4 is 0 Å². The van der Waals surface area contributed by atoms with Gasteiger partial charge in [-0.25, -0.2) is 4.98 Å². The van der Waals surface area contributed by atoms with Gasteiger partial charge in [0.05, 0.1) is 6.33 Å². The minimum atomic E-state index is 0.161. The maximum absolute atomic E-state index is 11.9. The lowest BCUT2D eigenvalue weighted by atomic mass is 10.1. The summed E-state index contributed by atoms with van der Waals surface area (Å²) >= 11 is 5.78. The van der Waals surface area contributed by atoms with Gasteiger partial charge in [-0.3, -0.25) is 4.79 Å². The fourth-order valence-electron chi connectivity index (χ4n) is 1.84. The van der Waals surface area contributed by atoms with Gasteiger partial charge in [0.2, 0.25) is 0 Å². The molecule has 0 aliphatic heterocycles. The van der Waals surface area contributed by atoms with E-state index >= 15 is 0 Å². The molecule has 18 heavy (non-hydrogen) atoms. The zero-order valence-corrected chi connectivity index (χ0v) is 11.0. The third-order valence-electron chi connectivity index (χ3n) is 2.92. The van der Waals surface area contributed by atoms with Crippen LogP contribution in [0.3, 0.4) is 0 Å². The Balaban J connectivity index is 1.85. The first-order valence-electron chi connectivity index (χ1n) is 5.91. The highest BCUT2D eigenvalue weighted by Gasteiger charge is 2.06. The van der Waals surface area contributed by atoms with Crippen molar-refractivity contribution in [3.63, 3.8) is 0 Å². The van der Waals surface area contributed by atoms with Crippen LogP contribution in [0.1, 0.15) is 28.9 Å². The lowest BCUT2D eigenvalue weighted by Crippen LogP contribution is -2.01. The number of hydrogen-bond acceptors (Lipinski definition) is 2. The van der Waals surface area contributed by atoms with E-state index in [1.165, 1.54) is 0 Å². The van der Waals surface area contributed by atoms with Gasteiger partial charge in [-0.05, 0) is 37.1 Å². The number of aryl methyl sites for hydroxylation is 2. The average molecular weight is 263 g/mol. The normalized spacial score (nSPS) is 10.6. The van der Waals surface area contributed by atoms with Crippen LogP contribution in [0.2, 0.25) is 5.02 Å². The molecule has 0 amide bonds. The molecule has 2 aromatic rings. The van der Waals surface area contributed by atoms with Gasteiger partial charge >= 0.3 is 0 Å². The summed E-state index contributed by atoms with van der Waals surface area (Å²) < 4.78 is 1.98. The summed E-state index contributed by atoms with van der Waals surface area (Å²) in [6, 6.07) is 7.04. The maximum Gasteiger partial charge on any atom is 0.162 e. The molecule has 0 radical (unpaired) electrons. The molecule has 4 heteroatoms. The van der Waals surface area contributed by atoms with E-state index in [1.54, 1.807) is 30.6 Å². The lowest BCUT2D eigenvalue weighted by Gasteiger charge is -2.03. The fourth-order valence-corrected chi connectivity index (χ4v) is 1.96. The monoisotopic (exact) mass is 262 g/mol. The number of Topliss-reactive ketones (excluding diaryl/α,β-unsaturated/α-hetero) is 1. The van der Waals surface area contributed by atoms with E-state index in [1.807, 2.05) is 17.8 Å². The molecule has 0 bridgehead atoms. The number of halogens is 1. The summed E-state index contributed by atoms with van der Waals surface area (Å²) in [4.78, 5) is 16.0. The topological polar surface area (TPSA) is 34.9 Å². The highest BCUT2D eigenvalue weighted by atomic mass is 35.5. The van der Waals surface area contributed by atoms with E-state index in [2.05, 4.69) is 4.98 Å². The molecule has 1 heterocycles. The highest BCUT2D eigenvalue weighted by molar-refractivity contribution is 6.30. The van der Waals surface area contributed by atoms with Crippen molar-refractivity contribution in [1.29, 1.82) is 0 Å². The molecular formula is C14H15ClN2O. The number of hydrogen-bond donors (Lipinski definition) is 0. The Labute approximate surface area is 111 Å². The molecule has 0 spiro atoms. The second-order valence-electron chi connectivity index (χ2n) is 4.28. The molecule has 0 aliphatic carbocycles. The van der Waals surface area contributed by atoms with Gasteiger partial charge in [-0.2, -0.15) is 0 Å². The third kappa shape index (κ3) is 3.20. The van der Waals surface area contributed by atoms with Gasteiger partial charge < -0.3 is 4.57 Å². The molecule has 1 aromatic carbocycles. The summed E-state index contributed by atoms with van der Waals surface area (Å²) in [5, 5.41) is 0.654. The molecule has 0 saturated carbocycles. The van der Waals surface area contributed by atoms with E-state index < -0.39 is 0 Å². The third-order valence-corrected chi connectivity index (χ3v) is 3.17. The number of imidazole rings is 1. The molecule has 0 fully saturated rings. The first kappa shape index (κ1) is 12.8. The van der Waals surface area contributed by atoms with Crippen molar-refractivity contribution in [3.05, 3.63) is 53.1 Å². The fraction of sp³-hybridized carbons (Fsp3) is 0.286. The SMILES string of the molecule is Cn1cncc1CCCC(=O)c1ccc(Cl)cc1. The van der Waals surface area contributed by atoms with Crippen LogP contribution in [0, 0.1) is 0 Å². The average Bonchev–Trinajstić information content (AvgIpc) is 2.76. The van der Waals surface area contributed by atoms with Crippen LogP contribution in [-0.2, 0) is 13.5 Å². The first-order valence-corrected chi connectivity index (χ1v) is 6.28. The van der Waals surface area contributed by atoms with Crippen LogP contribution >= 0.6 is 11.6 Å². The number of ketones is 1. The molecule has 0 atom stereocenters. The van der Waals surface area contributed by atoms with Gasteiger partial charge in [0.15, 0.2) is 5.78 Å². The Morgan fingerprint density at radius 1 is 1.33 bits per heavy atom. The Hall–Kier alpha value is -1.61. The number of carbonyl (C=O) groups excluding carboxylic acids is 1. The molecular weight excluding hydrogens is 248 g/mol. The summed E-state index contributed by atoms with van der Waals surface area (Å²) in [6.07, 6.45) is 5.87. The zero-order chi connectivity index (χ0) is 13.0. The predicted molar refractivity (Wildman–Crippen MR) is 71.9 cm³/mol. The van der Waals surface area contributed by atoms with Crippen molar-refractivity contribution >= 4 is 17.4 Å². The lowest BCUT2D eigenvalue weighted by molar-refractivity contribution is 0.0980. The smallest absolute Gasteiger partial charge is 0.162 e. The Bertz CT molecular complexity index is 531. The second-order valence-corrected chi connectivity index (χ2v) is 4.72. The second kappa shape index (κ2) is 5.83. The van der Waals surface area contributed by atoms with Gasteiger partial charge in [0.25, 0.3) is 0 Å². The van der Waals surface area contributed by atoms with E-state index in [0.717, 1.165) is 24.1 Å². The van der Waals surface area contributed by atoms with E-state index in [-0.39, 0.29) is 5.78 Å². The van der Waals surface area contributed by atoms with Gasteiger partial charge in [0, 0.05) is 35.9 Å². The molecule has 94 valence electrons. The van der Waals surface area contributed by atoms with Crippen molar-refractivity contribution < 1.29 is 4.79 Å². The van der Waals surface area contributed by atoms with Gasteiger partial charge in [-0.1, -0.05) is 11.6 Å². The van der Waals surface area contributed by atoms with Crippen molar-refractivity contribution in [3.8, 4) is 0 Å². The van der Waals surface area contributed by atoms with Crippen LogP contribution in [0.4, 0.5) is 0 Å². The molecule has 0 N–H and O–H groups in total. The van der Waals surface area contributed by atoms with E-state index in [4.69, 9.17) is 11.6 Å². The largest absolute Gasteiger partial charge is 0.338 e. The van der Waals surface area contributed by atoms with Crippen LogP contribution in [0.25, 0.3) is 0 Å². The molecule has 3 nitrogen and oxygen atoms in total. The summed E-state index contributed by atoms with van der Waals surface area (Å²) in [7, 11) is 1.96. The standard InChI is InChI=1S/C14H15ClN2O/c1-17-10-16-9-13(17)3-2-4-14(18)11-5-7-12(15)8-6-11/h5-10H,2-4H2,1H3. The number of carbonyl (C=O) groups is 1. The van der Waals surface area contributed by atoms with Crippen LogP contribution in [0.15, 0.2) is 36.8 Å². The number of nitrogens with zero attached hydrogens (tertiary/aromatic N) is 2. The Kier molecular flexibility index (Phi) is 4.15. The predicted octanol–water partition coefficient (Wildman–Crippen LogP) is 3.28. The van der Waals surface area contributed by atoms with Crippen molar-refractivity contribution in [1.82, 2.24) is 9.55 Å². The number of aromatic nitrogens is 2. The first-order chi connectivity index (χ1) is 8.66. The summed E-state index contributed by atoms with van der Waals surface area (Å²) in [5.74, 6) is 0.161. The number of rotatable bonds is 5. The molecule has 0 unspecified atom stereocenters. The van der Waals surface area contributed by atoms with Crippen molar-refractivity contribution in [2.75, 3.05) is 0 Å². The maximum atomic E-state index is 11.9. The number of benzene rings is 1. The van der Waals surface area contributed by atoms with Crippen molar-refractivity contribution in [2.45, 2.75) is 19.3 Å². The van der Waals surface area contributed by atoms with Crippen LogP contribution in [-0.4, -0.2) is 15.3 Å². The summed E-state index contributed by atoms with van der Waals surface area (Å²) in [5.41, 5.74) is 1.88. The van der Waals surface area contributed by atoms with Crippen LogP contribution in [0.5, 0.6) is 0 Å². The van der Waals surface area contributed by atoms with Crippen molar-refractivity contribution in [2.24, 2.45) is 7.05 Å². The van der Waals surface area contributed by atoms with Gasteiger partial charge in [0.1, 0.15) is 0 Å². The molecule has 1 aromatic heterocycles. The Morgan fingerprint density at radius 3 is 2.67 bits per heavy atom. The molecule has 0 aliphatic rings. The van der Waals surface area contributed by atoms with E-state index in [9.17, 15) is 4.79 Å². The Morgan fingerprint density at radius 2 is 2.06 bits per heavy atom. The quantitative estimate of drug-likeness (QED) is 0.775.